The van der Waals surface area contributed by atoms with Crippen LogP contribution in [0.1, 0.15) is 35.8 Å². The van der Waals surface area contributed by atoms with Gasteiger partial charge >= 0.3 is 5.97 Å². The summed E-state index contributed by atoms with van der Waals surface area (Å²) in [7, 11) is 0. The van der Waals surface area contributed by atoms with Gasteiger partial charge in [-0.2, -0.15) is 5.10 Å². The van der Waals surface area contributed by atoms with Crippen molar-refractivity contribution in [2.24, 2.45) is 0 Å². The number of hydrogen-bond donors (Lipinski definition) is 0. The van der Waals surface area contributed by atoms with E-state index in [1.165, 1.54) is 0 Å². The molecule has 1 heterocycles. The second kappa shape index (κ2) is 7.30. The van der Waals surface area contributed by atoms with Gasteiger partial charge in [-0.05, 0) is 36.2 Å². The van der Waals surface area contributed by atoms with Crippen LogP contribution in [0.4, 0.5) is 0 Å². The summed E-state index contributed by atoms with van der Waals surface area (Å²) in [5, 5.41) is 5.45. The van der Waals surface area contributed by atoms with Gasteiger partial charge in [0.15, 0.2) is 0 Å². The Labute approximate surface area is 155 Å². The lowest BCUT2D eigenvalue weighted by Gasteiger charge is -2.09. The van der Waals surface area contributed by atoms with Crippen LogP contribution in [0.15, 0.2) is 54.6 Å². The third-order valence-electron chi connectivity index (χ3n) is 3.63. The Hall–Kier alpha value is -2.30. The molecule has 0 aliphatic heterocycles. The van der Waals surface area contributed by atoms with Gasteiger partial charge in [0.2, 0.25) is 5.88 Å². The maximum atomic E-state index is 12.5. The van der Waals surface area contributed by atoms with Crippen LogP contribution in [0.3, 0.4) is 0 Å². The molecule has 0 aliphatic rings. The van der Waals surface area contributed by atoms with Crippen LogP contribution in [0, 0.1) is 0 Å². The summed E-state index contributed by atoms with van der Waals surface area (Å²) in [4.78, 5) is 12.5. The largest absolute Gasteiger partial charge is 0.404 e. The van der Waals surface area contributed by atoms with Crippen molar-refractivity contribution in [1.82, 2.24) is 9.78 Å². The van der Waals surface area contributed by atoms with Crippen LogP contribution in [0.25, 0.3) is 5.69 Å². The van der Waals surface area contributed by atoms with Gasteiger partial charge in [0, 0.05) is 11.1 Å². The van der Waals surface area contributed by atoms with Gasteiger partial charge in [-0.25, -0.2) is 9.48 Å². The van der Waals surface area contributed by atoms with Crippen molar-refractivity contribution in [3.63, 3.8) is 0 Å². The maximum Gasteiger partial charge on any atom is 0.346 e. The van der Waals surface area contributed by atoms with E-state index in [1.807, 2.05) is 26.0 Å². The molecule has 0 saturated carbocycles. The molecule has 0 bridgehead atoms. The van der Waals surface area contributed by atoms with Crippen LogP contribution < -0.4 is 4.74 Å². The SMILES string of the molecule is CC(C)c1cc(OC(=O)c2ccccc2Cl)n(-c2cccc(Cl)c2)n1. The van der Waals surface area contributed by atoms with E-state index in [4.69, 9.17) is 27.9 Å². The van der Waals surface area contributed by atoms with E-state index < -0.39 is 5.97 Å². The fourth-order valence-electron chi connectivity index (χ4n) is 2.31. The number of benzene rings is 2. The lowest BCUT2D eigenvalue weighted by molar-refractivity contribution is 0.0723. The molecule has 0 radical (unpaired) electrons. The lowest BCUT2D eigenvalue weighted by Crippen LogP contribution is -2.12. The van der Waals surface area contributed by atoms with Gasteiger partial charge in [0.25, 0.3) is 0 Å². The molecule has 6 heteroatoms. The predicted molar refractivity (Wildman–Crippen MR) is 99.1 cm³/mol. The fourth-order valence-corrected chi connectivity index (χ4v) is 2.70. The average Bonchev–Trinajstić information content (AvgIpc) is 2.99. The molecule has 0 spiro atoms. The second-order valence-corrected chi connectivity index (χ2v) is 6.67. The Bertz CT molecular complexity index is 919. The molecule has 0 saturated heterocycles. The average molecular weight is 375 g/mol. The third kappa shape index (κ3) is 3.86. The monoisotopic (exact) mass is 374 g/mol. The van der Waals surface area contributed by atoms with Crippen molar-refractivity contribution in [2.75, 3.05) is 0 Å². The molecule has 3 aromatic rings. The van der Waals surface area contributed by atoms with Crippen LogP contribution in [0.5, 0.6) is 5.88 Å². The minimum absolute atomic E-state index is 0.179. The van der Waals surface area contributed by atoms with Gasteiger partial charge < -0.3 is 4.74 Å². The molecule has 0 fully saturated rings. The highest BCUT2D eigenvalue weighted by atomic mass is 35.5. The Balaban J connectivity index is 2.00. The Kier molecular flexibility index (Phi) is 5.11. The number of esters is 1. The van der Waals surface area contributed by atoms with Crippen molar-refractivity contribution in [3.05, 3.63) is 75.9 Å². The molecule has 0 aliphatic carbocycles. The smallest absolute Gasteiger partial charge is 0.346 e. The normalized spacial score (nSPS) is 10.9. The van der Waals surface area contributed by atoms with Crippen LogP contribution in [-0.2, 0) is 0 Å². The molecular weight excluding hydrogens is 359 g/mol. The molecule has 0 amide bonds. The highest BCUT2D eigenvalue weighted by molar-refractivity contribution is 6.33. The Morgan fingerprint density at radius 1 is 1.08 bits per heavy atom. The van der Waals surface area contributed by atoms with Gasteiger partial charge in [-0.15, -0.1) is 0 Å². The van der Waals surface area contributed by atoms with E-state index in [-0.39, 0.29) is 5.92 Å². The van der Waals surface area contributed by atoms with Crippen molar-refractivity contribution >= 4 is 29.2 Å². The number of nitrogens with zero attached hydrogens (tertiary/aromatic N) is 2. The van der Waals surface area contributed by atoms with E-state index in [0.717, 1.165) is 5.69 Å². The predicted octanol–water partition coefficient (Wildman–Crippen LogP) is 5.52. The molecule has 25 heavy (non-hydrogen) atoms. The highest BCUT2D eigenvalue weighted by Crippen LogP contribution is 2.26. The first kappa shape index (κ1) is 17.5. The molecule has 0 unspecified atom stereocenters. The number of hydrogen-bond acceptors (Lipinski definition) is 3. The molecule has 2 aromatic carbocycles. The zero-order valence-corrected chi connectivity index (χ0v) is 15.3. The standard InChI is InChI=1S/C19H16Cl2N2O2/c1-12(2)17-11-18(23(22-17)14-7-5-6-13(20)10-14)25-19(24)15-8-3-4-9-16(15)21/h3-12H,1-2H3. The number of carbonyl (C=O) groups excluding carboxylic acids is 1. The van der Waals surface area contributed by atoms with Crippen molar-refractivity contribution < 1.29 is 9.53 Å². The number of carbonyl (C=O) groups is 1. The topological polar surface area (TPSA) is 44.1 Å². The summed E-state index contributed by atoms with van der Waals surface area (Å²) in [6, 6.07) is 15.7. The summed E-state index contributed by atoms with van der Waals surface area (Å²) in [5.41, 5.74) is 1.82. The molecular formula is C19H16Cl2N2O2. The van der Waals surface area contributed by atoms with Crippen LogP contribution in [-0.4, -0.2) is 15.7 Å². The summed E-state index contributed by atoms with van der Waals surface area (Å²) in [6.45, 7) is 4.04. The Morgan fingerprint density at radius 2 is 1.84 bits per heavy atom. The first-order valence-electron chi connectivity index (χ1n) is 7.78. The van der Waals surface area contributed by atoms with Gasteiger partial charge in [-0.1, -0.05) is 55.2 Å². The first-order valence-corrected chi connectivity index (χ1v) is 8.54. The van der Waals surface area contributed by atoms with Gasteiger partial charge in [0.1, 0.15) is 0 Å². The molecule has 3 rings (SSSR count). The molecule has 0 atom stereocenters. The third-order valence-corrected chi connectivity index (χ3v) is 4.20. The highest BCUT2D eigenvalue weighted by Gasteiger charge is 2.19. The number of ether oxygens (including phenoxy) is 1. The number of rotatable bonds is 4. The van der Waals surface area contributed by atoms with Crippen molar-refractivity contribution in [1.29, 1.82) is 0 Å². The van der Waals surface area contributed by atoms with E-state index >= 15 is 0 Å². The second-order valence-electron chi connectivity index (χ2n) is 5.82. The van der Waals surface area contributed by atoms with Gasteiger partial charge in [0.05, 0.1) is 22.0 Å². The first-order chi connectivity index (χ1) is 12.0. The molecule has 128 valence electrons. The molecule has 0 N–H and O–H groups in total. The van der Waals surface area contributed by atoms with Crippen molar-refractivity contribution in [2.45, 2.75) is 19.8 Å². The quantitative estimate of drug-likeness (QED) is 0.564. The summed E-state index contributed by atoms with van der Waals surface area (Å²) in [6.07, 6.45) is 0. The molecule has 1 aromatic heterocycles. The maximum absolute atomic E-state index is 12.5. The lowest BCUT2D eigenvalue weighted by atomic mass is 10.1. The minimum Gasteiger partial charge on any atom is -0.404 e. The van der Waals surface area contributed by atoms with E-state index in [0.29, 0.717) is 27.2 Å². The zero-order valence-electron chi connectivity index (χ0n) is 13.7. The number of halogens is 2. The fraction of sp³-hybridized carbons (Fsp3) is 0.158. The van der Waals surface area contributed by atoms with E-state index in [1.54, 1.807) is 47.1 Å². The summed E-state index contributed by atoms with van der Waals surface area (Å²) in [5.74, 6) is -0.0434. The van der Waals surface area contributed by atoms with Crippen LogP contribution >= 0.6 is 23.2 Å². The Morgan fingerprint density at radius 3 is 2.52 bits per heavy atom. The van der Waals surface area contributed by atoms with Crippen molar-refractivity contribution in [3.8, 4) is 11.6 Å². The molecule has 4 nitrogen and oxygen atoms in total. The van der Waals surface area contributed by atoms with E-state index in [9.17, 15) is 4.79 Å². The zero-order chi connectivity index (χ0) is 18.0. The van der Waals surface area contributed by atoms with Crippen LogP contribution in [0.2, 0.25) is 10.0 Å². The summed E-state index contributed by atoms with van der Waals surface area (Å²) < 4.78 is 7.14. The summed E-state index contributed by atoms with van der Waals surface area (Å²) >= 11 is 12.2. The van der Waals surface area contributed by atoms with Gasteiger partial charge in [-0.3, -0.25) is 0 Å². The van der Waals surface area contributed by atoms with E-state index in [2.05, 4.69) is 5.10 Å². The number of aromatic nitrogens is 2. The minimum atomic E-state index is -0.538.